The quantitative estimate of drug-likeness (QED) is 0.741. The Morgan fingerprint density at radius 3 is 3.00 bits per heavy atom. The van der Waals surface area contributed by atoms with Gasteiger partial charge >= 0.3 is 0 Å². The first-order chi connectivity index (χ1) is 7.15. The van der Waals surface area contributed by atoms with Crippen LogP contribution in [0.1, 0.15) is 12.0 Å². The van der Waals surface area contributed by atoms with Crippen molar-refractivity contribution >= 4 is 0 Å². The molecule has 0 N–H and O–H groups in total. The van der Waals surface area contributed by atoms with Crippen LogP contribution in [-0.2, 0) is 0 Å². The monoisotopic (exact) mass is 210 g/mol. The molecule has 3 nitrogen and oxygen atoms in total. The topological polar surface area (TPSA) is 25.4 Å². The van der Waals surface area contributed by atoms with Gasteiger partial charge in [0.05, 0.1) is 6.20 Å². The van der Waals surface area contributed by atoms with E-state index in [-0.39, 0.29) is 11.9 Å². The number of aryl methyl sites for hydroxylation is 1. The largest absolute Gasteiger partial charge is 0.473 e. The molecule has 15 heavy (non-hydrogen) atoms. The predicted octanol–water partition coefficient (Wildman–Crippen LogP) is 1.61. The second-order valence-electron chi connectivity index (χ2n) is 4.06. The number of pyridine rings is 1. The molecule has 0 aromatic carbocycles. The molecule has 1 aliphatic rings. The highest BCUT2D eigenvalue weighted by Gasteiger charge is 2.21. The van der Waals surface area contributed by atoms with Crippen molar-refractivity contribution in [3.05, 3.63) is 23.6 Å². The molecule has 1 atom stereocenters. The van der Waals surface area contributed by atoms with Crippen LogP contribution in [0.25, 0.3) is 0 Å². The number of halogens is 1. The molecule has 1 fully saturated rings. The first-order valence-electron chi connectivity index (χ1n) is 5.12. The fraction of sp³-hybridized carbons (Fsp3) is 0.545. The number of hydrogen-bond donors (Lipinski definition) is 0. The Balaban J connectivity index is 2.02. The van der Waals surface area contributed by atoms with Gasteiger partial charge in [-0.15, -0.1) is 0 Å². The molecule has 0 aliphatic carbocycles. The summed E-state index contributed by atoms with van der Waals surface area (Å²) in [6.45, 7) is 3.67. The van der Waals surface area contributed by atoms with E-state index >= 15 is 0 Å². The molecule has 1 aromatic rings. The van der Waals surface area contributed by atoms with Crippen LogP contribution in [-0.4, -0.2) is 36.1 Å². The van der Waals surface area contributed by atoms with Gasteiger partial charge in [-0.2, -0.15) is 0 Å². The van der Waals surface area contributed by atoms with E-state index in [1.807, 2.05) is 0 Å². The van der Waals surface area contributed by atoms with Gasteiger partial charge in [-0.25, -0.2) is 9.37 Å². The van der Waals surface area contributed by atoms with Gasteiger partial charge in [0, 0.05) is 19.2 Å². The first-order valence-corrected chi connectivity index (χ1v) is 5.12. The second-order valence-corrected chi connectivity index (χ2v) is 4.06. The summed E-state index contributed by atoms with van der Waals surface area (Å²) in [7, 11) is 2.06. The second kappa shape index (κ2) is 4.14. The first kappa shape index (κ1) is 10.4. The molecule has 0 saturated carbocycles. The van der Waals surface area contributed by atoms with Gasteiger partial charge in [0.1, 0.15) is 11.9 Å². The lowest BCUT2D eigenvalue weighted by Crippen LogP contribution is -2.21. The Kier molecular flexibility index (Phi) is 2.86. The Morgan fingerprint density at radius 1 is 1.60 bits per heavy atom. The number of likely N-dealkylation sites (tertiary alicyclic amines) is 1. The van der Waals surface area contributed by atoms with E-state index in [4.69, 9.17) is 4.74 Å². The zero-order valence-corrected chi connectivity index (χ0v) is 9.03. The van der Waals surface area contributed by atoms with Gasteiger partial charge in [-0.3, -0.25) is 0 Å². The van der Waals surface area contributed by atoms with Gasteiger partial charge in [0.15, 0.2) is 0 Å². The third-order valence-corrected chi connectivity index (χ3v) is 2.66. The van der Waals surface area contributed by atoms with E-state index < -0.39 is 0 Å². The fourth-order valence-electron chi connectivity index (χ4n) is 1.74. The van der Waals surface area contributed by atoms with E-state index in [0.29, 0.717) is 11.4 Å². The molecular weight excluding hydrogens is 195 g/mol. The lowest BCUT2D eigenvalue weighted by Gasteiger charge is -2.13. The van der Waals surface area contributed by atoms with Crippen LogP contribution >= 0.6 is 0 Å². The fourth-order valence-corrected chi connectivity index (χ4v) is 1.74. The maximum atomic E-state index is 12.9. The molecule has 1 saturated heterocycles. The third-order valence-electron chi connectivity index (χ3n) is 2.66. The van der Waals surface area contributed by atoms with Crippen LogP contribution in [0.3, 0.4) is 0 Å². The van der Waals surface area contributed by atoms with Crippen molar-refractivity contribution < 1.29 is 9.13 Å². The SMILES string of the molecule is Cc1cc(OC2CCN(C)C2)ncc1F. The highest BCUT2D eigenvalue weighted by Crippen LogP contribution is 2.17. The zero-order valence-electron chi connectivity index (χ0n) is 9.03. The van der Waals surface area contributed by atoms with E-state index in [1.165, 1.54) is 6.20 Å². The van der Waals surface area contributed by atoms with Crippen molar-refractivity contribution in [2.45, 2.75) is 19.4 Å². The smallest absolute Gasteiger partial charge is 0.213 e. The number of ether oxygens (including phenoxy) is 1. The molecule has 4 heteroatoms. The molecule has 0 radical (unpaired) electrons. The molecule has 1 aromatic heterocycles. The summed E-state index contributed by atoms with van der Waals surface area (Å²) in [6.07, 6.45) is 2.41. The van der Waals surface area contributed by atoms with E-state index in [2.05, 4.69) is 16.9 Å². The molecular formula is C11H15FN2O. The molecule has 0 bridgehead atoms. The van der Waals surface area contributed by atoms with Crippen molar-refractivity contribution in [2.24, 2.45) is 0 Å². The number of rotatable bonds is 2. The lowest BCUT2D eigenvalue weighted by molar-refractivity contribution is 0.199. The Morgan fingerprint density at radius 2 is 2.40 bits per heavy atom. The maximum Gasteiger partial charge on any atom is 0.213 e. The summed E-state index contributed by atoms with van der Waals surface area (Å²) in [4.78, 5) is 6.12. The summed E-state index contributed by atoms with van der Waals surface area (Å²) in [5.41, 5.74) is 0.575. The summed E-state index contributed by atoms with van der Waals surface area (Å²) in [6, 6.07) is 1.65. The number of likely N-dealkylation sites (N-methyl/N-ethyl adjacent to an activating group) is 1. The van der Waals surface area contributed by atoms with E-state index in [1.54, 1.807) is 13.0 Å². The minimum atomic E-state index is -0.286. The van der Waals surface area contributed by atoms with Crippen molar-refractivity contribution in [1.82, 2.24) is 9.88 Å². The molecule has 1 unspecified atom stereocenters. The molecule has 2 heterocycles. The zero-order chi connectivity index (χ0) is 10.8. The van der Waals surface area contributed by atoms with Gasteiger partial charge in [-0.05, 0) is 26.0 Å². The van der Waals surface area contributed by atoms with Crippen LogP contribution in [0, 0.1) is 12.7 Å². The summed E-state index contributed by atoms with van der Waals surface area (Å²) in [5.74, 6) is 0.236. The molecule has 0 spiro atoms. The average Bonchev–Trinajstić information content (AvgIpc) is 2.58. The Labute approximate surface area is 88.9 Å². The van der Waals surface area contributed by atoms with Gasteiger partial charge in [0.2, 0.25) is 5.88 Å². The van der Waals surface area contributed by atoms with Crippen molar-refractivity contribution in [3.8, 4) is 5.88 Å². The van der Waals surface area contributed by atoms with Gasteiger partial charge in [-0.1, -0.05) is 0 Å². The number of hydrogen-bond acceptors (Lipinski definition) is 3. The summed E-state index contributed by atoms with van der Waals surface area (Å²) >= 11 is 0. The lowest BCUT2D eigenvalue weighted by atomic mass is 10.3. The van der Waals surface area contributed by atoms with Gasteiger partial charge < -0.3 is 9.64 Å². The van der Waals surface area contributed by atoms with Crippen molar-refractivity contribution in [1.29, 1.82) is 0 Å². The van der Waals surface area contributed by atoms with Crippen LogP contribution in [0.4, 0.5) is 4.39 Å². The van der Waals surface area contributed by atoms with Gasteiger partial charge in [0.25, 0.3) is 0 Å². The molecule has 0 amide bonds. The van der Waals surface area contributed by atoms with Crippen LogP contribution in [0.2, 0.25) is 0 Å². The van der Waals surface area contributed by atoms with Crippen LogP contribution in [0.5, 0.6) is 5.88 Å². The van der Waals surface area contributed by atoms with Crippen LogP contribution in [0.15, 0.2) is 12.3 Å². The average molecular weight is 210 g/mol. The summed E-state index contributed by atoms with van der Waals surface area (Å²) in [5, 5.41) is 0. The molecule has 2 rings (SSSR count). The number of aromatic nitrogens is 1. The predicted molar refractivity (Wildman–Crippen MR) is 55.5 cm³/mol. The normalized spacial score (nSPS) is 21.9. The van der Waals surface area contributed by atoms with Crippen LogP contribution < -0.4 is 4.74 Å². The number of nitrogens with zero attached hydrogens (tertiary/aromatic N) is 2. The Hall–Kier alpha value is -1.16. The van der Waals surface area contributed by atoms with E-state index in [0.717, 1.165) is 19.5 Å². The highest BCUT2D eigenvalue weighted by molar-refractivity contribution is 5.20. The highest BCUT2D eigenvalue weighted by atomic mass is 19.1. The molecule has 1 aliphatic heterocycles. The van der Waals surface area contributed by atoms with Crippen molar-refractivity contribution in [3.63, 3.8) is 0 Å². The standard InChI is InChI=1S/C11H15FN2O/c1-8-5-11(13-6-10(8)12)15-9-3-4-14(2)7-9/h5-6,9H,3-4,7H2,1-2H3. The minimum Gasteiger partial charge on any atom is -0.473 e. The van der Waals surface area contributed by atoms with E-state index in [9.17, 15) is 4.39 Å². The summed E-state index contributed by atoms with van der Waals surface area (Å²) < 4.78 is 18.6. The minimum absolute atomic E-state index is 0.187. The molecule has 82 valence electrons. The third kappa shape index (κ3) is 2.45. The Bertz CT molecular complexity index is 356. The maximum absolute atomic E-state index is 12.9. The van der Waals surface area contributed by atoms with Crippen molar-refractivity contribution in [2.75, 3.05) is 20.1 Å².